The van der Waals surface area contributed by atoms with Gasteiger partial charge < -0.3 is 4.90 Å². The number of guanidine groups is 1. The van der Waals surface area contributed by atoms with E-state index in [0.717, 1.165) is 12.8 Å². The van der Waals surface area contributed by atoms with Gasteiger partial charge in [-0.1, -0.05) is 0 Å². The predicted molar refractivity (Wildman–Crippen MR) is 117 cm³/mol. The van der Waals surface area contributed by atoms with Crippen molar-refractivity contribution in [2.24, 2.45) is 12.0 Å². The molecule has 176 valence electrons. The second kappa shape index (κ2) is 7.32. The molecule has 3 aliphatic rings. The third-order valence-electron chi connectivity index (χ3n) is 6.26. The van der Waals surface area contributed by atoms with Crippen LogP contribution in [0.15, 0.2) is 34.3 Å². The first kappa shape index (κ1) is 22.0. The lowest BCUT2D eigenvalue weighted by Crippen LogP contribution is -2.52. The van der Waals surface area contributed by atoms with Crippen LogP contribution in [0, 0.1) is 0 Å². The van der Waals surface area contributed by atoms with Crippen molar-refractivity contribution in [3.05, 3.63) is 41.2 Å². The highest BCUT2D eigenvalue weighted by atomic mass is 32.2. The molecule has 0 bridgehead atoms. The summed E-state index contributed by atoms with van der Waals surface area (Å²) in [6.07, 6.45) is 0.175. The molecule has 12 heteroatoms. The number of fused-ring (bicyclic) bond motifs is 3. The van der Waals surface area contributed by atoms with E-state index in [2.05, 4.69) is 14.8 Å². The SMILES string of the molecule is C[C@@H]1CN=C2N(Cc3cn(C)nc3C(F)F)C(=O)c3cc(S(=O)(=O)NC4(C)CC4)ccc3N21. The topological polar surface area (TPSA) is 99.9 Å². The number of aromatic nitrogens is 2. The fourth-order valence-corrected chi connectivity index (χ4v) is 5.77. The Balaban J connectivity index is 1.56. The van der Waals surface area contributed by atoms with Gasteiger partial charge in [-0.05, 0) is 44.9 Å². The lowest BCUT2D eigenvalue weighted by Gasteiger charge is -2.38. The summed E-state index contributed by atoms with van der Waals surface area (Å²) < 4.78 is 56.8. The molecule has 2 aliphatic heterocycles. The summed E-state index contributed by atoms with van der Waals surface area (Å²) in [5, 5.41) is 3.82. The van der Waals surface area contributed by atoms with E-state index in [1.807, 2.05) is 18.7 Å². The molecule has 33 heavy (non-hydrogen) atoms. The predicted octanol–water partition coefficient (Wildman–Crippen LogP) is 2.41. The molecule has 1 fully saturated rings. The Labute approximate surface area is 190 Å². The maximum atomic E-state index is 13.5. The van der Waals surface area contributed by atoms with Crippen LogP contribution < -0.4 is 9.62 Å². The van der Waals surface area contributed by atoms with Crippen molar-refractivity contribution in [3.8, 4) is 0 Å². The molecule has 1 saturated carbocycles. The maximum Gasteiger partial charge on any atom is 0.282 e. The summed E-state index contributed by atoms with van der Waals surface area (Å²) in [7, 11) is -2.28. The smallest absolute Gasteiger partial charge is 0.282 e. The van der Waals surface area contributed by atoms with E-state index < -0.39 is 33.6 Å². The van der Waals surface area contributed by atoms with Crippen molar-refractivity contribution in [1.82, 2.24) is 19.4 Å². The fourth-order valence-electron chi connectivity index (χ4n) is 4.28. The number of nitrogens with zero attached hydrogens (tertiary/aromatic N) is 5. The Hall–Kier alpha value is -2.86. The van der Waals surface area contributed by atoms with E-state index >= 15 is 0 Å². The monoisotopic (exact) mass is 478 g/mol. The number of hydrogen-bond donors (Lipinski definition) is 1. The number of alkyl halides is 2. The quantitative estimate of drug-likeness (QED) is 0.687. The number of anilines is 1. The average molecular weight is 479 g/mol. The molecule has 2 aromatic rings. The summed E-state index contributed by atoms with van der Waals surface area (Å²) in [4.78, 5) is 21.2. The molecule has 1 amide bonds. The van der Waals surface area contributed by atoms with Crippen LogP contribution in [0.4, 0.5) is 14.5 Å². The molecule has 1 aromatic carbocycles. The van der Waals surface area contributed by atoms with Crippen LogP contribution in [-0.4, -0.2) is 53.1 Å². The number of carbonyl (C=O) groups is 1. The summed E-state index contributed by atoms with van der Waals surface area (Å²) in [6, 6.07) is 4.37. The Morgan fingerprint density at radius 2 is 2.03 bits per heavy atom. The molecule has 0 unspecified atom stereocenters. The summed E-state index contributed by atoms with van der Waals surface area (Å²) in [5.74, 6) is -0.129. The van der Waals surface area contributed by atoms with Gasteiger partial charge in [0.15, 0.2) is 0 Å². The van der Waals surface area contributed by atoms with Gasteiger partial charge in [-0.2, -0.15) is 5.10 Å². The number of aryl methyl sites for hydroxylation is 1. The van der Waals surface area contributed by atoms with Crippen LogP contribution >= 0.6 is 0 Å². The molecule has 9 nitrogen and oxygen atoms in total. The van der Waals surface area contributed by atoms with Gasteiger partial charge in [-0.25, -0.2) is 21.9 Å². The lowest BCUT2D eigenvalue weighted by atomic mass is 10.1. The zero-order chi connectivity index (χ0) is 23.7. The van der Waals surface area contributed by atoms with Gasteiger partial charge in [0.25, 0.3) is 12.3 Å². The second-order valence-corrected chi connectivity index (χ2v) is 10.8. The van der Waals surface area contributed by atoms with E-state index in [1.165, 1.54) is 35.0 Å². The van der Waals surface area contributed by atoms with E-state index in [-0.39, 0.29) is 28.6 Å². The third kappa shape index (κ3) is 3.70. The highest BCUT2D eigenvalue weighted by Crippen LogP contribution is 2.38. The minimum atomic E-state index is -3.82. The van der Waals surface area contributed by atoms with Crippen LogP contribution in [0.2, 0.25) is 0 Å². The first-order chi connectivity index (χ1) is 15.5. The Morgan fingerprint density at radius 1 is 1.30 bits per heavy atom. The molecule has 0 radical (unpaired) electrons. The summed E-state index contributed by atoms with van der Waals surface area (Å²) >= 11 is 0. The zero-order valence-corrected chi connectivity index (χ0v) is 19.2. The largest absolute Gasteiger partial charge is 0.307 e. The molecule has 0 saturated heterocycles. The highest BCUT2D eigenvalue weighted by Gasteiger charge is 2.43. The normalized spacial score (nSPS) is 21.3. The van der Waals surface area contributed by atoms with Gasteiger partial charge >= 0.3 is 0 Å². The van der Waals surface area contributed by atoms with Gasteiger partial charge in [-0.15, -0.1) is 0 Å². The van der Waals surface area contributed by atoms with Crippen LogP contribution in [0.3, 0.4) is 0 Å². The lowest BCUT2D eigenvalue weighted by molar-refractivity contribution is 0.0829. The van der Waals surface area contributed by atoms with Crippen molar-refractivity contribution in [2.45, 2.75) is 56.1 Å². The summed E-state index contributed by atoms with van der Waals surface area (Å²) in [5.41, 5.74) is 0.0945. The van der Waals surface area contributed by atoms with Crippen molar-refractivity contribution >= 4 is 27.6 Å². The van der Waals surface area contributed by atoms with E-state index in [0.29, 0.717) is 18.2 Å². The number of hydrogen-bond acceptors (Lipinski definition) is 6. The van der Waals surface area contributed by atoms with Crippen molar-refractivity contribution in [2.75, 3.05) is 11.4 Å². The van der Waals surface area contributed by atoms with E-state index in [1.54, 1.807) is 6.07 Å². The van der Waals surface area contributed by atoms with Gasteiger partial charge in [0, 0.05) is 24.3 Å². The van der Waals surface area contributed by atoms with E-state index in [4.69, 9.17) is 0 Å². The van der Waals surface area contributed by atoms with Gasteiger partial charge in [0.2, 0.25) is 16.0 Å². The highest BCUT2D eigenvalue weighted by molar-refractivity contribution is 7.89. The summed E-state index contributed by atoms with van der Waals surface area (Å²) in [6.45, 7) is 4.04. The minimum absolute atomic E-state index is 0.00967. The van der Waals surface area contributed by atoms with Crippen LogP contribution in [-0.2, 0) is 23.6 Å². The Bertz CT molecular complexity index is 1280. The zero-order valence-electron chi connectivity index (χ0n) is 18.4. The number of carbonyl (C=O) groups excluding carboxylic acids is 1. The van der Waals surface area contributed by atoms with Gasteiger partial charge in [0.1, 0.15) is 5.69 Å². The fraction of sp³-hybridized carbons (Fsp3) is 0.476. The molecular weight excluding hydrogens is 454 g/mol. The molecule has 1 N–H and O–H groups in total. The van der Waals surface area contributed by atoms with Crippen LogP contribution in [0.5, 0.6) is 0 Å². The average Bonchev–Trinajstić information content (AvgIpc) is 3.14. The first-order valence-electron chi connectivity index (χ1n) is 10.6. The molecular formula is C21H24F2N6O3S. The van der Waals surface area contributed by atoms with Crippen LogP contribution in [0.1, 0.15) is 54.7 Å². The molecule has 3 heterocycles. The number of amides is 1. The molecule has 0 spiro atoms. The molecule has 1 aromatic heterocycles. The van der Waals surface area contributed by atoms with Gasteiger partial charge in [0.05, 0.1) is 35.3 Å². The number of aliphatic imine (C=N–C) groups is 1. The van der Waals surface area contributed by atoms with Crippen molar-refractivity contribution < 1.29 is 22.0 Å². The number of halogens is 2. The Morgan fingerprint density at radius 3 is 2.70 bits per heavy atom. The minimum Gasteiger partial charge on any atom is -0.307 e. The second-order valence-electron chi connectivity index (χ2n) is 9.11. The number of rotatable bonds is 6. The maximum absolute atomic E-state index is 13.5. The Kier molecular flexibility index (Phi) is 4.87. The first-order valence-corrected chi connectivity index (χ1v) is 12.1. The molecule has 1 atom stereocenters. The van der Waals surface area contributed by atoms with E-state index in [9.17, 15) is 22.0 Å². The van der Waals surface area contributed by atoms with Gasteiger partial charge in [-0.3, -0.25) is 19.4 Å². The van der Waals surface area contributed by atoms with Crippen molar-refractivity contribution in [3.63, 3.8) is 0 Å². The molecule has 5 rings (SSSR count). The van der Waals surface area contributed by atoms with Crippen molar-refractivity contribution in [1.29, 1.82) is 0 Å². The number of benzene rings is 1. The third-order valence-corrected chi connectivity index (χ3v) is 7.90. The number of sulfonamides is 1. The standard InChI is InChI=1S/C21H24F2N6O3S/c1-12-9-24-20-28(11-13-10-27(3)25-17(13)18(22)23)19(30)15-8-14(4-5-16(15)29(12)20)33(31,32)26-21(2)6-7-21/h4-5,8,10,12,18,26H,6-7,9,11H2,1-3H3/t12-/m1/s1. The van der Waals surface area contributed by atoms with Crippen LogP contribution in [0.25, 0.3) is 0 Å². The molecule has 1 aliphatic carbocycles. The number of nitrogens with one attached hydrogen (secondary N) is 1.